The summed E-state index contributed by atoms with van der Waals surface area (Å²) < 4.78 is 0. The van der Waals surface area contributed by atoms with Gasteiger partial charge in [0, 0.05) is 30.5 Å². The van der Waals surface area contributed by atoms with Gasteiger partial charge in [-0.3, -0.25) is 4.79 Å². The summed E-state index contributed by atoms with van der Waals surface area (Å²) in [6.07, 6.45) is 1.33. The Kier molecular flexibility index (Phi) is 8.16. The molecule has 28 heavy (non-hydrogen) atoms. The summed E-state index contributed by atoms with van der Waals surface area (Å²) in [5, 5.41) is 24.4. The Balaban J connectivity index is 2.07. The number of hydrogen-bond acceptors (Lipinski definition) is 7. The molecule has 0 aliphatic heterocycles. The first-order valence-electron chi connectivity index (χ1n) is 9.45. The molecule has 4 N–H and O–H groups in total. The topological polar surface area (TPSA) is 111 Å². The minimum atomic E-state index is -0.351. The Labute approximate surface area is 165 Å². The summed E-state index contributed by atoms with van der Waals surface area (Å²) >= 11 is 0. The lowest BCUT2D eigenvalue weighted by atomic mass is 10.1. The van der Waals surface area contributed by atoms with E-state index >= 15 is 0 Å². The summed E-state index contributed by atoms with van der Waals surface area (Å²) in [6, 6.07) is 9.00. The molecule has 1 amide bonds. The summed E-state index contributed by atoms with van der Waals surface area (Å²) in [7, 11) is 0. The van der Waals surface area contributed by atoms with Crippen LogP contribution < -0.4 is 15.5 Å². The fourth-order valence-electron chi connectivity index (χ4n) is 2.71. The van der Waals surface area contributed by atoms with Crippen LogP contribution in [0.3, 0.4) is 0 Å². The molecule has 0 unspecified atom stereocenters. The van der Waals surface area contributed by atoms with Crippen LogP contribution in [0.1, 0.15) is 31.3 Å². The molecule has 0 radical (unpaired) electrons. The first kappa shape index (κ1) is 21.6. The Morgan fingerprint density at radius 2 is 1.89 bits per heavy atom. The summed E-state index contributed by atoms with van der Waals surface area (Å²) in [5.74, 6) is 0.261. The molecule has 152 valence electrons. The highest BCUT2D eigenvalue weighted by Crippen LogP contribution is 2.20. The zero-order chi connectivity index (χ0) is 20.5. The van der Waals surface area contributed by atoms with Crippen molar-refractivity contribution in [3.05, 3.63) is 42.4 Å². The van der Waals surface area contributed by atoms with Crippen LogP contribution in [0.5, 0.6) is 0 Å². The number of hydrogen-bond donors (Lipinski definition) is 4. The predicted octanol–water partition coefficient (Wildman–Crippen LogP) is 1.79. The number of carbonyl (C=O) groups excluding carboxylic acids is 1. The molecule has 2 rings (SSSR count). The van der Waals surface area contributed by atoms with Gasteiger partial charge in [0.2, 0.25) is 0 Å². The molecule has 1 heterocycles. The average Bonchev–Trinajstić information content (AvgIpc) is 2.70. The SMILES string of the molecule is CCN(CCO)c1ccc(Nc2cc(C(=O)N[C@H](CO)C(C)C)ncn2)cc1. The van der Waals surface area contributed by atoms with E-state index in [0.717, 1.165) is 17.9 Å². The van der Waals surface area contributed by atoms with Crippen LogP contribution in [0.2, 0.25) is 0 Å². The number of nitrogens with one attached hydrogen (secondary N) is 2. The third-order valence-corrected chi connectivity index (χ3v) is 4.47. The number of rotatable bonds is 10. The molecule has 8 nitrogen and oxygen atoms in total. The largest absolute Gasteiger partial charge is 0.395 e. The normalized spacial score (nSPS) is 11.9. The van der Waals surface area contributed by atoms with Crippen LogP contribution in [0, 0.1) is 5.92 Å². The van der Waals surface area contributed by atoms with Gasteiger partial charge in [-0.2, -0.15) is 0 Å². The van der Waals surface area contributed by atoms with Crippen molar-refractivity contribution in [2.75, 3.05) is 36.5 Å². The molecule has 0 spiro atoms. The first-order valence-corrected chi connectivity index (χ1v) is 9.45. The molecule has 0 aliphatic carbocycles. The molecule has 0 aliphatic rings. The molecule has 1 aromatic heterocycles. The highest BCUT2D eigenvalue weighted by atomic mass is 16.3. The lowest BCUT2D eigenvalue weighted by Gasteiger charge is -2.22. The number of amides is 1. The minimum absolute atomic E-state index is 0.105. The second-order valence-corrected chi connectivity index (χ2v) is 6.77. The summed E-state index contributed by atoms with van der Waals surface area (Å²) in [4.78, 5) is 22.6. The van der Waals surface area contributed by atoms with E-state index in [9.17, 15) is 9.90 Å². The maximum atomic E-state index is 12.4. The van der Waals surface area contributed by atoms with E-state index in [1.165, 1.54) is 6.33 Å². The third kappa shape index (κ3) is 5.90. The van der Waals surface area contributed by atoms with Gasteiger partial charge in [0.15, 0.2) is 0 Å². The van der Waals surface area contributed by atoms with Crippen LogP contribution in [-0.2, 0) is 0 Å². The van der Waals surface area contributed by atoms with E-state index < -0.39 is 0 Å². The number of carbonyl (C=O) groups is 1. The maximum absolute atomic E-state index is 12.4. The second kappa shape index (κ2) is 10.6. The zero-order valence-corrected chi connectivity index (χ0v) is 16.6. The molecule has 8 heteroatoms. The average molecular weight is 387 g/mol. The number of aromatic nitrogens is 2. The van der Waals surface area contributed by atoms with Crippen LogP contribution in [-0.4, -0.2) is 58.4 Å². The molecule has 0 fully saturated rings. The lowest BCUT2D eigenvalue weighted by molar-refractivity contribution is 0.0891. The van der Waals surface area contributed by atoms with E-state index in [-0.39, 0.29) is 36.8 Å². The number of benzene rings is 1. The van der Waals surface area contributed by atoms with E-state index in [4.69, 9.17) is 5.11 Å². The molecule has 1 aromatic carbocycles. The smallest absolute Gasteiger partial charge is 0.270 e. The second-order valence-electron chi connectivity index (χ2n) is 6.77. The number of nitrogens with zero attached hydrogens (tertiary/aromatic N) is 3. The Hall–Kier alpha value is -2.71. The van der Waals surface area contributed by atoms with Crippen molar-refractivity contribution in [1.29, 1.82) is 0 Å². The summed E-state index contributed by atoms with van der Waals surface area (Å²) in [6.45, 7) is 7.26. The predicted molar refractivity (Wildman–Crippen MR) is 110 cm³/mol. The van der Waals surface area contributed by atoms with Gasteiger partial charge in [0.1, 0.15) is 17.8 Å². The van der Waals surface area contributed by atoms with E-state index in [0.29, 0.717) is 12.4 Å². The van der Waals surface area contributed by atoms with Gasteiger partial charge < -0.3 is 25.7 Å². The van der Waals surface area contributed by atoms with Crippen molar-refractivity contribution in [3.63, 3.8) is 0 Å². The minimum Gasteiger partial charge on any atom is -0.395 e. The molecule has 0 saturated carbocycles. The van der Waals surface area contributed by atoms with Gasteiger partial charge in [-0.05, 0) is 37.1 Å². The van der Waals surface area contributed by atoms with Crippen molar-refractivity contribution in [2.45, 2.75) is 26.8 Å². The number of aliphatic hydroxyl groups excluding tert-OH is 2. The lowest BCUT2D eigenvalue weighted by Crippen LogP contribution is -2.41. The van der Waals surface area contributed by atoms with Crippen molar-refractivity contribution >= 4 is 23.1 Å². The van der Waals surface area contributed by atoms with Crippen LogP contribution in [0.15, 0.2) is 36.7 Å². The van der Waals surface area contributed by atoms with Crippen molar-refractivity contribution in [3.8, 4) is 0 Å². The highest BCUT2D eigenvalue weighted by molar-refractivity contribution is 5.93. The Morgan fingerprint density at radius 3 is 2.46 bits per heavy atom. The standard InChI is InChI=1S/C20H29N5O3/c1-4-25(9-10-26)16-7-5-15(6-8-16)23-19-11-17(21-13-22-19)20(28)24-18(12-27)14(2)3/h5-8,11,13-14,18,26-27H,4,9-10,12H2,1-3H3,(H,24,28)(H,21,22,23)/t18-/m1/s1. The van der Waals surface area contributed by atoms with Gasteiger partial charge in [-0.1, -0.05) is 13.8 Å². The van der Waals surface area contributed by atoms with Crippen molar-refractivity contribution in [2.24, 2.45) is 5.92 Å². The maximum Gasteiger partial charge on any atom is 0.270 e. The molecular weight excluding hydrogens is 358 g/mol. The van der Waals surface area contributed by atoms with Gasteiger partial charge in [-0.15, -0.1) is 0 Å². The van der Waals surface area contributed by atoms with Gasteiger partial charge in [0.25, 0.3) is 5.91 Å². The first-order chi connectivity index (χ1) is 13.5. The third-order valence-electron chi connectivity index (χ3n) is 4.47. The van der Waals surface area contributed by atoms with Gasteiger partial charge in [0.05, 0.1) is 19.3 Å². The number of likely N-dealkylation sites (N-methyl/N-ethyl adjacent to an activating group) is 1. The monoisotopic (exact) mass is 387 g/mol. The molecule has 0 bridgehead atoms. The van der Waals surface area contributed by atoms with Crippen LogP contribution >= 0.6 is 0 Å². The van der Waals surface area contributed by atoms with Crippen molar-refractivity contribution < 1.29 is 15.0 Å². The molecule has 0 saturated heterocycles. The van der Waals surface area contributed by atoms with Gasteiger partial charge in [-0.25, -0.2) is 9.97 Å². The summed E-state index contributed by atoms with van der Waals surface area (Å²) in [5.41, 5.74) is 2.08. The fraction of sp³-hybridized carbons (Fsp3) is 0.450. The molecule has 2 aromatic rings. The highest BCUT2D eigenvalue weighted by Gasteiger charge is 2.17. The number of anilines is 3. The molecule has 1 atom stereocenters. The Morgan fingerprint density at radius 1 is 1.18 bits per heavy atom. The van der Waals surface area contributed by atoms with Gasteiger partial charge >= 0.3 is 0 Å². The van der Waals surface area contributed by atoms with Crippen LogP contribution in [0.25, 0.3) is 0 Å². The number of aliphatic hydroxyl groups is 2. The van der Waals surface area contributed by atoms with E-state index in [1.807, 2.05) is 45.0 Å². The van der Waals surface area contributed by atoms with Crippen LogP contribution in [0.4, 0.5) is 17.2 Å². The van der Waals surface area contributed by atoms with E-state index in [2.05, 4.69) is 25.5 Å². The quantitative estimate of drug-likeness (QED) is 0.492. The fourth-order valence-corrected chi connectivity index (χ4v) is 2.71. The Bertz CT molecular complexity index is 752. The zero-order valence-electron chi connectivity index (χ0n) is 16.6. The van der Waals surface area contributed by atoms with Crippen molar-refractivity contribution in [1.82, 2.24) is 15.3 Å². The van der Waals surface area contributed by atoms with E-state index in [1.54, 1.807) is 6.07 Å². The molecular formula is C20H29N5O3.